The van der Waals surface area contributed by atoms with E-state index in [-0.39, 0.29) is 12.4 Å². The summed E-state index contributed by atoms with van der Waals surface area (Å²) in [6.45, 7) is 2.13. The Balaban J connectivity index is 1.74. The molecule has 0 aliphatic rings. The van der Waals surface area contributed by atoms with E-state index in [1.54, 1.807) is 32.7 Å². The normalized spacial score (nSPS) is 11.0. The van der Waals surface area contributed by atoms with Crippen molar-refractivity contribution in [3.63, 3.8) is 0 Å². The summed E-state index contributed by atoms with van der Waals surface area (Å²) in [6, 6.07) is 9.76. The van der Waals surface area contributed by atoms with Crippen molar-refractivity contribution in [1.82, 2.24) is 4.98 Å². The Kier molecular flexibility index (Phi) is 6.44. The van der Waals surface area contributed by atoms with Crippen LogP contribution in [0.25, 0.3) is 10.8 Å². The standard InChI is InChI=1S/C20H21N3O4S/c1-4-27-19(24)9-15-12-28-20(22-15)23-21-11-14-8-13-6-5-7-17(25-2)16(13)10-18(14)26-3/h5-8,10-12H,4,9H2,1-3H3,(H,22,23). The van der Waals surface area contributed by atoms with Gasteiger partial charge in [-0.15, -0.1) is 11.3 Å². The number of methoxy groups -OCH3 is 2. The predicted molar refractivity (Wildman–Crippen MR) is 111 cm³/mol. The largest absolute Gasteiger partial charge is 0.496 e. The summed E-state index contributed by atoms with van der Waals surface area (Å²) in [4.78, 5) is 15.8. The van der Waals surface area contributed by atoms with E-state index in [1.165, 1.54) is 11.3 Å². The summed E-state index contributed by atoms with van der Waals surface area (Å²) >= 11 is 1.37. The van der Waals surface area contributed by atoms with Crippen LogP contribution in [-0.4, -0.2) is 38.0 Å². The monoisotopic (exact) mass is 399 g/mol. The van der Waals surface area contributed by atoms with E-state index in [0.717, 1.165) is 22.1 Å². The van der Waals surface area contributed by atoms with Crippen molar-refractivity contribution >= 4 is 39.4 Å². The van der Waals surface area contributed by atoms with Gasteiger partial charge in [0.05, 0.1) is 39.2 Å². The molecule has 28 heavy (non-hydrogen) atoms. The van der Waals surface area contributed by atoms with Crippen LogP contribution in [0.2, 0.25) is 0 Å². The number of carbonyl (C=O) groups is 1. The first kappa shape index (κ1) is 19.6. The molecule has 0 fully saturated rings. The minimum Gasteiger partial charge on any atom is -0.496 e. The summed E-state index contributed by atoms with van der Waals surface area (Å²) in [6.07, 6.45) is 1.82. The molecule has 2 aromatic carbocycles. The van der Waals surface area contributed by atoms with E-state index in [1.807, 2.05) is 30.3 Å². The molecule has 0 aliphatic carbocycles. The van der Waals surface area contributed by atoms with Crippen LogP contribution in [0.15, 0.2) is 40.8 Å². The summed E-state index contributed by atoms with van der Waals surface area (Å²) < 4.78 is 15.8. The van der Waals surface area contributed by atoms with Gasteiger partial charge in [-0.25, -0.2) is 4.98 Å². The van der Waals surface area contributed by atoms with Gasteiger partial charge in [0.15, 0.2) is 0 Å². The van der Waals surface area contributed by atoms with Crippen LogP contribution in [0, 0.1) is 0 Å². The molecule has 0 atom stereocenters. The molecule has 1 aromatic heterocycles. The second kappa shape index (κ2) is 9.18. The zero-order chi connectivity index (χ0) is 19.9. The van der Waals surface area contributed by atoms with Crippen molar-refractivity contribution in [2.75, 3.05) is 26.3 Å². The lowest BCUT2D eigenvalue weighted by Gasteiger charge is -2.10. The molecule has 3 aromatic rings. The van der Waals surface area contributed by atoms with Gasteiger partial charge in [-0.2, -0.15) is 5.10 Å². The molecule has 0 aliphatic heterocycles. The number of nitrogens with zero attached hydrogens (tertiary/aromatic N) is 2. The fourth-order valence-electron chi connectivity index (χ4n) is 2.71. The Morgan fingerprint density at radius 3 is 2.82 bits per heavy atom. The van der Waals surface area contributed by atoms with Crippen molar-refractivity contribution in [2.24, 2.45) is 5.10 Å². The number of aromatic nitrogens is 1. The number of hydrogen-bond acceptors (Lipinski definition) is 8. The van der Waals surface area contributed by atoms with Crippen molar-refractivity contribution in [1.29, 1.82) is 0 Å². The molecule has 0 saturated carbocycles. The molecule has 0 amide bonds. The van der Waals surface area contributed by atoms with Gasteiger partial charge in [0.1, 0.15) is 11.5 Å². The number of anilines is 1. The van der Waals surface area contributed by atoms with Gasteiger partial charge in [0, 0.05) is 16.3 Å². The molecule has 0 bridgehead atoms. The van der Waals surface area contributed by atoms with Crippen molar-refractivity contribution in [2.45, 2.75) is 13.3 Å². The molecular formula is C20H21N3O4S. The first-order valence-electron chi connectivity index (χ1n) is 8.68. The Morgan fingerprint density at radius 2 is 2.07 bits per heavy atom. The fourth-order valence-corrected chi connectivity index (χ4v) is 3.37. The zero-order valence-corrected chi connectivity index (χ0v) is 16.7. The van der Waals surface area contributed by atoms with Gasteiger partial charge < -0.3 is 14.2 Å². The number of benzene rings is 2. The van der Waals surface area contributed by atoms with E-state index in [0.29, 0.717) is 23.2 Å². The van der Waals surface area contributed by atoms with Crippen LogP contribution >= 0.6 is 11.3 Å². The maximum absolute atomic E-state index is 11.5. The van der Waals surface area contributed by atoms with Crippen LogP contribution in [0.1, 0.15) is 18.2 Å². The van der Waals surface area contributed by atoms with Gasteiger partial charge in [0.2, 0.25) is 5.13 Å². The highest BCUT2D eigenvalue weighted by Crippen LogP contribution is 2.31. The molecule has 3 rings (SSSR count). The third kappa shape index (κ3) is 4.58. The zero-order valence-electron chi connectivity index (χ0n) is 15.9. The van der Waals surface area contributed by atoms with Crippen LogP contribution < -0.4 is 14.9 Å². The minimum atomic E-state index is -0.292. The van der Waals surface area contributed by atoms with E-state index in [2.05, 4.69) is 15.5 Å². The average molecular weight is 399 g/mol. The number of thiazole rings is 1. The molecule has 0 radical (unpaired) electrons. The van der Waals surface area contributed by atoms with Gasteiger partial charge in [-0.3, -0.25) is 10.2 Å². The average Bonchev–Trinajstić information content (AvgIpc) is 3.14. The topological polar surface area (TPSA) is 82.0 Å². The molecule has 8 heteroatoms. The Hall–Kier alpha value is -3.13. The summed E-state index contributed by atoms with van der Waals surface area (Å²) in [5.41, 5.74) is 4.35. The lowest BCUT2D eigenvalue weighted by atomic mass is 10.1. The highest BCUT2D eigenvalue weighted by atomic mass is 32.1. The second-order valence-electron chi connectivity index (χ2n) is 5.77. The van der Waals surface area contributed by atoms with Crippen LogP contribution in [-0.2, 0) is 16.0 Å². The SMILES string of the molecule is CCOC(=O)Cc1csc(NN=Cc2cc3cccc(OC)c3cc2OC)n1. The van der Waals surface area contributed by atoms with Gasteiger partial charge in [0.25, 0.3) is 0 Å². The lowest BCUT2D eigenvalue weighted by Crippen LogP contribution is -2.07. The summed E-state index contributed by atoms with van der Waals surface area (Å²) in [5.74, 6) is 1.18. The van der Waals surface area contributed by atoms with Gasteiger partial charge in [-0.05, 0) is 30.5 Å². The number of nitrogens with one attached hydrogen (secondary N) is 1. The number of fused-ring (bicyclic) bond motifs is 1. The fraction of sp³-hybridized carbons (Fsp3) is 0.250. The second-order valence-corrected chi connectivity index (χ2v) is 6.63. The number of hydrogen-bond donors (Lipinski definition) is 1. The van der Waals surface area contributed by atoms with Gasteiger partial charge >= 0.3 is 5.97 Å². The summed E-state index contributed by atoms with van der Waals surface area (Å²) in [5, 5.41) is 8.63. The molecule has 1 heterocycles. The smallest absolute Gasteiger partial charge is 0.311 e. The first-order valence-corrected chi connectivity index (χ1v) is 9.56. The highest BCUT2D eigenvalue weighted by molar-refractivity contribution is 7.13. The van der Waals surface area contributed by atoms with E-state index >= 15 is 0 Å². The quantitative estimate of drug-likeness (QED) is 0.352. The van der Waals surface area contributed by atoms with Crippen LogP contribution in [0.5, 0.6) is 11.5 Å². The Morgan fingerprint density at radius 1 is 1.25 bits per heavy atom. The lowest BCUT2D eigenvalue weighted by molar-refractivity contribution is -0.142. The molecule has 7 nitrogen and oxygen atoms in total. The third-order valence-electron chi connectivity index (χ3n) is 3.96. The Bertz CT molecular complexity index is 1000. The molecule has 1 N–H and O–H groups in total. The molecule has 0 unspecified atom stereocenters. The van der Waals surface area contributed by atoms with Crippen molar-refractivity contribution in [3.8, 4) is 11.5 Å². The number of carbonyl (C=O) groups excluding carboxylic acids is 1. The number of ether oxygens (including phenoxy) is 3. The van der Waals surface area contributed by atoms with Crippen molar-refractivity contribution < 1.29 is 19.0 Å². The number of esters is 1. The molecular weight excluding hydrogens is 378 g/mol. The van der Waals surface area contributed by atoms with Gasteiger partial charge in [-0.1, -0.05) is 12.1 Å². The van der Waals surface area contributed by atoms with E-state index in [9.17, 15) is 4.79 Å². The maximum Gasteiger partial charge on any atom is 0.311 e. The molecule has 0 saturated heterocycles. The molecule has 146 valence electrons. The van der Waals surface area contributed by atoms with Crippen LogP contribution in [0.3, 0.4) is 0 Å². The number of rotatable bonds is 8. The molecule has 0 spiro atoms. The maximum atomic E-state index is 11.5. The van der Waals surface area contributed by atoms with E-state index < -0.39 is 0 Å². The number of hydrazone groups is 1. The van der Waals surface area contributed by atoms with Crippen molar-refractivity contribution in [3.05, 3.63) is 47.0 Å². The first-order chi connectivity index (χ1) is 13.6. The Labute approximate surface area is 167 Å². The third-order valence-corrected chi connectivity index (χ3v) is 4.75. The minimum absolute atomic E-state index is 0.149. The summed E-state index contributed by atoms with van der Waals surface area (Å²) in [7, 11) is 3.26. The van der Waals surface area contributed by atoms with E-state index in [4.69, 9.17) is 14.2 Å². The highest BCUT2D eigenvalue weighted by Gasteiger charge is 2.09. The predicted octanol–water partition coefficient (Wildman–Crippen LogP) is 3.87. The van der Waals surface area contributed by atoms with Crippen LogP contribution in [0.4, 0.5) is 5.13 Å².